The maximum atomic E-state index is 14.1. The molecule has 2 N–H and O–H groups in total. The van der Waals surface area contributed by atoms with Gasteiger partial charge in [-0.1, -0.05) is 6.07 Å². The molecule has 3 aromatic carbocycles. The molecule has 0 radical (unpaired) electrons. The largest absolute Gasteiger partial charge is 0.497 e. The van der Waals surface area contributed by atoms with Crippen molar-refractivity contribution in [2.24, 2.45) is 5.92 Å². The first-order chi connectivity index (χ1) is 20.7. The average molecular weight is 588 g/mol. The Balaban J connectivity index is 1.35. The number of nitrogens with zero attached hydrogens (tertiary/aromatic N) is 2. The fourth-order valence-electron chi connectivity index (χ4n) is 5.14. The van der Waals surface area contributed by atoms with Gasteiger partial charge in [0.15, 0.2) is 17.3 Å². The Labute approximate surface area is 247 Å². The molecule has 0 unspecified atom stereocenters. The summed E-state index contributed by atoms with van der Waals surface area (Å²) in [4.78, 5) is 55.0. The van der Waals surface area contributed by atoms with Gasteiger partial charge in [-0.15, -0.1) is 0 Å². The Morgan fingerprint density at radius 1 is 1.00 bits per heavy atom. The maximum Gasteiger partial charge on any atom is 0.336 e. The topological polar surface area (TPSA) is 128 Å². The maximum absolute atomic E-state index is 14.1. The van der Waals surface area contributed by atoms with Gasteiger partial charge in [0.25, 0.3) is 5.91 Å². The molecular weight excluding hydrogens is 557 g/mol. The van der Waals surface area contributed by atoms with Crippen LogP contribution in [0.3, 0.4) is 0 Å². The third-order valence-corrected chi connectivity index (χ3v) is 7.49. The van der Waals surface area contributed by atoms with Crippen molar-refractivity contribution in [2.75, 3.05) is 43.9 Å². The fraction of sp³-hybridized carbons (Fsp3) is 0.250. The first-order valence-electron chi connectivity index (χ1n) is 13.8. The van der Waals surface area contributed by atoms with E-state index in [0.29, 0.717) is 49.5 Å². The number of esters is 2. The van der Waals surface area contributed by atoms with E-state index in [2.05, 4.69) is 4.90 Å². The molecule has 0 aliphatic carbocycles. The van der Waals surface area contributed by atoms with Crippen LogP contribution in [0.5, 0.6) is 17.2 Å². The first kappa shape index (κ1) is 29.5. The number of nitrogens with two attached hydrogens (primary N) is 1. The lowest BCUT2D eigenvalue weighted by Crippen LogP contribution is -2.43. The average Bonchev–Trinajstić information content (AvgIpc) is 3.04. The van der Waals surface area contributed by atoms with Crippen molar-refractivity contribution in [2.45, 2.75) is 12.8 Å². The number of hydrogen-bond donors (Lipinski definition) is 1. The van der Waals surface area contributed by atoms with Crippen LogP contribution in [-0.2, 0) is 9.59 Å². The number of piperidine rings is 1. The van der Waals surface area contributed by atoms with Gasteiger partial charge >= 0.3 is 11.9 Å². The number of rotatable bonds is 8. The number of anilines is 2. The highest BCUT2D eigenvalue weighted by atomic mass is 19.1. The van der Waals surface area contributed by atoms with Crippen LogP contribution < -0.4 is 24.8 Å². The van der Waals surface area contributed by atoms with Crippen LogP contribution in [-0.4, -0.2) is 61.8 Å². The zero-order valence-electron chi connectivity index (χ0n) is 23.5. The Morgan fingerprint density at radius 2 is 1.70 bits per heavy atom. The number of halogens is 1. The Morgan fingerprint density at radius 3 is 2.40 bits per heavy atom. The molecule has 2 heterocycles. The summed E-state index contributed by atoms with van der Waals surface area (Å²) >= 11 is 0. The van der Waals surface area contributed by atoms with Crippen LogP contribution >= 0.6 is 0 Å². The number of benzene rings is 3. The molecule has 2 aliphatic heterocycles. The van der Waals surface area contributed by atoms with Crippen LogP contribution in [0.1, 0.15) is 33.6 Å². The van der Waals surface area contributed by atoms with Gasteiger partial charge in [-0.05, 0) is 74.5 Å². The smallest absolute Gasteiger partial charge is 0.336 e. The molecule has 2 aliphatic rings. The lowest BCUT2D eigenvalue weighted by atomic mass is 9.89. The van der Waals surface area contributed by atoms with Gasteiger partial charge in [0.2, 0.25) is 0 Å². The van der Waals surface area contributed by atoms with E-state index in [1.807, 2.05) is 0 Å². The van der Waals surface area contributed by atoms with Crippen molar-refractivity contribution < 1.29 is 37.8 Å². The van der Waals surface area contributed by atoms with Gasteiger partial charge in [0, 0.05) is 48.5 Å². The van der Waals surface area contributed by atoms with Crippen molar-refractivity contribution in [3.63, 3.8) is 0 Å². The van der Waals surface area contributed by atoms with Crippen molar-refractivity contribution in [1.82, 2.24) is 4.90 Å². The van der Waals surface area contributed by atoms with Crippen molar-refractivity contribution in [3.05, 3.63) is 89.8 Å². The summed E-state index contributed by atoms with van der Waals surface area (Å²) in [6.07, 6.45) is 3.08. The lowest BCUT2D eigenvalue weighted by Gasteiger charge is -2.33. The minimum Gasteiger partial charge on any atom is -0.497 e. The van der Waals surface area contributed by atoms with Crippen molar-refractivity contribution in [1.29, 1.82) is 0 Å². The minimum atomic E-state index is -0.886. The molecule has 0 saturated carbocycles. The van der Waals surface area contributed by atoms with Crippen LogP contribution in [0.15, 0.2) is 72.8 Å². The molecule has 1 amide bonds. The summed E-state index contributed by atoms with van der Waals surface area (Å²) in [6.45, 7) is 2.02. The summed E-state index contributed by atoms with van der Waals surface area (Å²) in [6, 6.07) is 15.4. The van der Waals surface area contributed by atoms with E-state index >= 15 is 0 Å². The van der Waals surface area contributed by atoms with Crippen molar-refractivity contribution in [3.8, 4) is 17.2 Å². The number of Topliss-reactive ketones (excluding diaryl/α,β-unsaturated/α-hetero) is 1. The molecule has 0 atom stereocenters. The van der Waals surface area contributed by atoms with E-state index in [0.717, 1.165) is 12.2 Å². The standard InChI is InChI=1S/C32H30FN3O7/c1-41-24-4-2-3-23(19-24)36(18-17-35-15-13-21(14-16-35)30(39)20-5-7-22(33)8-6-20)32(40)25-9-10-26-29(34)31(25)43-28(38)12-11-27(37)42-26/h2-12,19,21H,13-18,34H2,1H3/b12-11+. The number of likely N-dealkylation sites (tertiary alicyclic amines) is 1. The van der Waals surface area contributed by atoms with Gasteiger partial charge in [-0.3, -0.25) is 9.59 Å². The second-order valence-corrected chi connectivity index (χ2v) is 10.2. The third kappa shape index (κ3) is 6.73. The van der Waals surface area contributed by atoms with Crippen LogP contribution in [0, 0.1) is 11.7 Å². The predicted octanol–water partition coefficient (Wildman–Crippen LogP) is 4.04. The number of amides is 1. The molecule has 43 heavy (non-hydrogen) atoms. The Hall–Kier alpha value is -5.03. The number of fused-ring (bicyclic) bond motifs is 2. The van der Waals surface area contributed by atoms with E-state index in [4.69, 9.17) is 19.9 Å². The lowest BCUT2D eigenvalue weighted by molar-refractivity contribution is -0.131. The van der Waals surface area contributed by atoms with Crippen LogP contribution in [0.2, 0.25) is 0 Å². The highest BCUT2D eigenvalue weighted by molar-refractivity contribution is 6.10. The molecule has 5 rings (SSSR count). The monoisotopic (exact) mass is 587 g/mol. The van der Waals surface area contributed by atoms with Gasteiger partial charge in [0.05, 0.1) is 12.7 Å². The summed E-state index contributed by atoms with van der Waals surface area (Å²) in [5, 5.41) is 0. The van der Waals surface area contributed by atoms with Gasteiger partial charge in [-0.25, -0.2) is 14.0 Å². The fourth-order valence-corrected chi connectivity index (χ4v) is 5.14. The molecule has 2 bridgehead atoms. The highest BCUT2D eigenvalue weighted by Gasteiger charge is 2.29. The molecule has 0 aromatic heterocycles. The van der Waals surface area contributed by atoms with Gasteiger partial charge in [-0.2, -0.15) is 0 Å². The molecule has 0 spiro atoms. The molecule has 10 nitrogen and oxygen atoms in total. The number of carbonyl (C=O) groups is 4. The van der Waals surface area contributed by atoms with Gasteiger partial charge in [0.1, 0.15) is 17.3 Å². The SMILES string of the molecule is COc1cccc(N(CCN2CCC(C(=O)c3ccc(F)cc3)CC2)C(=O)c2ccc3c(N)c2OC(=O)/C=C/C(=O)O3)c1. The molecule has 3 aromatic rings. The van der Waals surface area contributed by atoms with Crippen molar-refractivity contribution >= 4 is 35.0 Å². The number of methoxy groups -OCH3 is 1. The number of nitrogen functional groups attached to an aromatic ring is 1. The molecule has 1 saturated heterocycles. The number of ketones is 1. The molecule has 222 valence electrons. The number of carbonyl (C=O) groups excluding carboxylic acids is 4. The second-order valence-electron chi connectivity index (χ2n) is 10.2. The summed E-state index contributed by atoms with van der Waals surface area (Å²) in [7, 11) is 1.52. The Kier molecular flexibility index (Phi) is 8.82. The van der Waals surface area contributed by atoms with E-state index in [-0.39, 0.29) is 46.8 Å². The summed E-state index contributed by atoms with van der Waals surface area (Å²) in [5.74, 6) is -2.45. The van der Waals surface area contributed by atoms with Crippen LogP contribution in [0.4, 0.5) is 15.8 Å². The molecule has 1 fully saturated rings. The molecular formula is C32H30FN3O7. The molecule has 11 heteroatoms. The summed E-state index contributed by atoms with van der Waals surface area (Å²) in [5.41, 5.74) is 7.07. The van der Waals surface area contributed by atoms with E-state index in [1.165, 1.54) is 48.4 Å². The van der Waals surface area contributed by atoms with E-state index < -0.39 is 17.8 Å². The number of hydrogen-bond acceptors (Lipinski definition) is 9. The summed E-state index contributed by atoms with van der Waals surface area (Å²) < 4.78 is 29.2. The number of ether oxygens (including phenoxy) is 3. The zero-order chi connectivity index (χ0) is 30.5. The second kappa shape index (κ2) is 12.9. The highest BCUT2D eigenvalue weighted by Crippen LogP contribution is 2.37. The first-order valence-corrected chi connectivity index (χ1v) is 13.8. The van der Waals surface area contributed by atoms with Crippen LogP contribution in [0.25, 0.3) is 0 Å². The quantitative estimate of drug-likeness (QED) is 0.180. The zero-order valence-corrected chi connectivity index (χ0v) is 23.5. The predicted molar refractivity (Wildman–Crippen MR) is 156 cm³/mol. The third-order valence-electron chi connectivity index (χ3n) is 7.49. The Bertz CT molecular complexity index is 1580. The van der Waals surface area contributed by atoms with E-state index in [9.17, 15) is 23.6 Å². The normalized spacial score (nSPS) is 16.2. The van der Waals surface area contributed by atoms with E-state index in [1.54, 1.807) is 24.3 Å². The van der Waals surface area contributed by atoms with Gasteiger partial charge < -0.3 is 29.7 Å². The minimum absolute atomic E-state index is 0.000398.